The van der Waals surface area contributed by atoms with Crippen molar-refractivity contribution in [3.05, 3.63) is 0 Å². The van der Waals surface area contributed by atoms with Crippen molar-refractivity contribution in [3.8, 4) is 0 Å². The van der Waals surface area contributed by atoms with Gasteiger partial charge in [0.1, 0.15) is 6.23 Å². The topological polar surface area (TPSA) is 35.5 Å². The van der Waals surface area contributed by atoms with E-state index >= 15 is 0 Å². The highest BCUT2D eigenvalue weighted by molar-refractivity contribution is 4.55. The van der Waals surface area contributed by atoms with E-state index < -0.39 is 0 Å². The molecule has 0 aromatic heterocycles. The van der Waals surface area contributed by atoms with Crippen LogP contribution < -0.4 is 5.32 Å². The van der Waals surface area contributed by atoms with Crippen LogP contribution in [0, 0.1) is 0 Å². The normalized spacial score (nSPS) is 12.2. The first-order valence-corrected chi connectivity index (χ1v) is 5.29. The number of nitrogens with zero attached hydrogens (tertiary/aromatic N) is 1. The summed E-state index contributed by atoms with van der Waals surface area (Å²) >= 11 is 0. The molecular weight excluding hydrogens is 164 g/mol. The number of rotatable bonds is 6. The number of aliphatic hydroxyl groups is 1. The van der Waals surface area contributed by atoms with Gasteiger partial charge in [0.2, 0.25) is 0 Å². The Morgan fingerprint density at radius 2 is 1.92 bits per heavy atom. The molecule has 0 radical (unpaired) electrons. The standard InChI is InChI=1S/C8H20N2O.C2H6/c1-4-5-6-10(7-9-3)8(2)11;1-2/h8-9,11H,4-7H2,1-3H3;1-2H3. The average molecular weight is 190 g/mol. The number of hydrogen-bond donors (Lipinski definition) is 2. The van der Waals surface area contributed by atoms with Gasteiger partial charge >= 0.3 is 0 Å². The molecule has 0 rings (SSSR count). The lowest BCUT2D eigenvalue weighted by Crippen LogP contribution is -2.39. The van der Waals surface area contributed by atoms with Crippen LogP contribution in [0.5, 0.6) is 0 Å². The van der Waals surface area contributed by atoms with Crippen LogP contribution in [0.1, 0.15) is 40.5 Å². The number of aliphatic hydroxyl groups excluding tert-OH is 1. The van der Waals surface area contributed by atoms with Gasteiger partial charge in [0.15, 0.2) is 0 Å². The fraction of sp³-hybridized carbons (Fsp3) is 1.00. The minimum absolute atomic E-state index is 0.339. The Morgan fingerprint density at radius 1 is 1.38 bits per heavy atom. The Labute approximate surface area is 83.1 Å². The van der Waals surface area contributed by atoms with Crippen LogP contribution in [0.15, 0.2) is 0 Å². The molecule has 2 N–H and O–H groups in total. The molecule has 0 saturated heterocycles. The van der Waals surface area contributed by atoms with Crippen LogP contribution in [-0.4, -0.2) is 36.5 Å². The highest BCUT2D eigenvalue weighted by Crippen LogP contribution is 1.97. The largest absolute Gasteiger partial charge is 0.379 e. The average Bonchev–Trinajstić information content (AvgIpc) is 2.15. The Kier molecular flexibility index (Phi) is 14.0. The van der Waals surface area contributed by atoms with Crippen LogP contribution in [0.2, 0.25) is 0 Å². The van der Waals surface area contributed by atoms with Gasteiger partial charge in [-0.15, -0.1) is 0 Å². The second-order valence-electron chi connectivity index (χ2n) is 2.81. The summed E-state index contributed by atoms with van der Waals surface area (Å²) in [5.41, 5.74) is 0. The molecule has 0 aliphatic heterocycles. The fourth-order valence-electron chi connectivity index (χ4n) is 0.962. The van der Waals surface area contributed by atoms with E-state index in [0.29, 0.717) is 0 Å². The third-order valence-corrected chi connectivity index (χ3v) is 1.69. The molecule has 0 amide bonds. The lowest BCUT2D eigenvalue weighted by atomic mass is 10.3. The molecular formula is C10H26N2O. The van der Waals surface area contributed by atoms with Gasteiger partial charge in [0.25, 0.3) is 0 Å². The third-order valence-electron chi connectivity index (χ3n) is 1.69. The predicted molar refractivity (Wildman–Crippen MR) is 58.6 cm³/mol. The van der Waals surface area contributed by atoms with Crippen LogP contribution in [0.3, 0.4) is 0 Å². The first kappa shape index (κ1) is 15.4. The van der Waals surface area contributed by atoms with Gasteiger partial charge in [-0.1, -0.05) is 27.2 Å². The van der Waals surface area contributed by atoms with Gasteiger partial charge in [-0.3, -0.25) is 4.90 Å². The van der Waals surface area contributed by atoms with Gasteiger partial charge in [-0.2, -0.15) is 0 Å². The summed E-state index contributed by atoms with van der Waals surface area (Å²) in [5.74, 6) is 0. The summed E-state index contributed by atoms with van der Waals surface area (Å²) in [6, 6.07) is 0. The zero-order valence-electron chi connectivity index (χ0n) is 9.80. The van der Waals surface area contributed by atoms with E-state index in [9.17, 15) is 5.11 Å². The molecule has 3 nitrogen and oxygen atoms in total. The molecule has 3 heteroatoms. The Balaban J connectivity index is 0. The summed E-state index contributed by atoms with van der Waals surface area (Å²) < 4.78 is 0. The summed E-state index contributed by atoms with van der Waals surface area (Å²) in [7, 11) is 1.89. The highest BCUT2D eigenvalue weighted by Gasteiger charge is 2.07. The lowest BCUT2D eigenvalue weighted by molar-refractivity contribution is 0.0137. The zero-order valence-corrected chi connectivity index (χ0v) is 9.80. The maximum atomic E-state index is 9.26. The van der Waals surface area contributed by atoms with Gasteiger partial charge in [-0.05, 0) is 20.4 Å². The number of hydrogen-bond acceptors (Lipinski definition) is 3. The molecule has 0 aromatic carbocycles. The van der Waals surface area contributed by atoms with Gasteiger partial charge in [0, 0.05) is 6.54 Å². The summed E-state index contributed by atoms with van der Waals surface area (Å²) in [5, 5.41) is 12.3. The minimum Gasteiger partial charge on any atom is -0.379 e. The molecule has 1 atom stereocenters. The quantitative estimate of drug-likeness (QED) is 0.625. The van der Waals surface area contributed by atoms with Gasteiger partial charge in [0.05, 0.1) is 6.67 Å². The monoisotopic (exact) mass is 190 g/mol. The fourth-order valence-corrected chi connectivity index (χ4v) is 0.962. The van der Waals surface area contributed by atoms with Crippen molar-refractivity contribution in [2.24, 2.45) is 0 Å². The van der Waals surface area contributed by atoms with Crippen LogP contribution in [-0.2, 0) is 0 Å². The first-order valence-electron chi connectivity index (χ1n) is 5.29. The van der Waals surface area contributed by atoms with Crippen molar-refractivity contribution >= 4 is 0 Å². The molecule has 0 heterocycles. The van der Waals surface area contributed by atoms with E-state index in [-0.39, 0.29) is 6.23 Å². The van der Waals surface area contributed by atoms with Crippen molar-refractivity contribution in [2.45, 2.75) is 46.8 Å². The maximum absolute atomic E-state index is 9.26. The van der Waals surface area contributed by atoms with E-state index in [1.165, 1.54) is 6.42 Å². The minimum atomic E-state index is -0.339. The Bertz CT molecular complexity index is 87.0. The van der Waals surface area contributed by atoms with Gasteiger partial charge in [-0.25, -0.2) is 0 Å². The molecule has 0 fully saturated rings. The third kappa shape index (κ3) is 9.80. The van der Waals surface area contributed by atoms with E-state index in [4.69, 9.17) is 0 Å². The molecule has 0 spiro atoms. The maximum Gasteiger partial charge on any atom is 0.105 e. The molecule has 13 heavy (non-hydrogen) atoms. The molecule has 82 valence electrons. The molecule has 0 aliphatic rings. The highest BCUT2D eigenvalue weighted by atomic mass is 16.3. The predicted octanol–water partition coefficient (Wildman–Crippen LogP) is 1.63. The second-order valence-corrected chi connectivity index (χ2v) is 2.81. The van der Waals surface area contributed by atoms with Crippen molar-refractivity contribution in [3.63, 3.8) is 0 Å². The van der Waals surface area contributed by atoms with E-state index in [1.807, 2.05) is 25.8 Å². The second kappa shape index (κ2) is 11.9. The Morgan fingerprint density at radius 3 is 2.23 bits per heavy atom. The summed E-state index contributed by atoms with van der Waals surface area (Å²) in [6.07, 6.45) is 1.98. The van der Waals surface area contributed by atoms with Crippen LogP contribution in [0.4, 0.5) is 0 Å². The van der Waals surface area contributed by atoms with Crippen molar-refractivity contribution < 1.29 is 5.11 Å². The smallest absolute Gasteiger partial charge is 0.105 e. The van der Waals surface area contributed by atoms with Crippen molar-refractivity contribution in [2.75, 3.05) is 20.3 Å². The zero-order chi connectivity index (χ0) is 10.7. The Hall–Kier alpha value is -0.120. The number of nitrogens with one attached hydrogen (secondary N) is 1. The number of unbranched alkanes of at least 4 members (excludes halogenated alkanes) is 1. The summed E-state index contributed by atoms with van der Waals surface area (Å²) in [6.45, 7) is 9.68. The van der Waals surface area contributed by atoms with Gasteiger partial charge < -0.3 is 10.4 Å². The summed E-state index contributed by atoms with van der Waals surface area (Å²) in [4.78, 5) is 2.00. The van der Waals surface area contributed by atoms with E-state index in [1.54, 1.807) is 6.92 Å². The van der Waals surface area contributed by atoms with Crippen molar-refractivity contribution in [1.82, 2.24) is 10.2 Å². The van der Waals surface area contributed by atoms with Crippen LogP contribution >= 0.6 is 0 Å². The van der Waals surface area contributed by atoms with Crippen LogP contribution in [0.25, 0.3) is 0 Å². The SMILES string of the molecule is CC.CCCCN(CNC)C(C)O. The molecule has 0 aromatic rings. The molecule has 1 unspecified atom stereocenters. The molecule has 0 saturated carbocycles. The van der Waals surface area contributed by atoms with Crippen molar-refractivity contribution in [1.29, 1.82) is 0 Å². The first-order chi connectivity index (χ1) is 6.22. The lowest BCUT2D eigenvalue weighted by Gasteiger charge is -2.24. The molecule has 0 aliphatic carbocycles. The molecule has 0 bridgehead atoms. The van der Waals surface area contributed by atoms with E-state index in [0.717, 1.165) is 19.6 Å². The van der Waals surface area contributed by atoms with E-state index in [2.05, 4.69) is 12.2 Å².